The van der Waals surface area contributed by atoms with Gasteiger partial charge in [-0.15, -0.1) is 23.2 Å². The van der Waals surface area contributed by atoms with Gasteiger partial charge in [0.15, 0.2) is 12.6 Å². The van der Waals surface area contributed by atoms with Crippen molar-refractivity contribution in [2.75, 3.05) is 25.0 Å². The standard InChI is InChI=1S/C56H112Cl2O3/c1-15-17-31-59-55(27-19-23-43(3)33-47(7)37-51(11)41-53(13)39-49(9)35-45(5)25-21-29-57)61-56(60-32-18-16-2)28-20-24-44(4)34-48(8)38-52(12)42-54(14)40-50(10)36-46(6)26-22-30-58/h43-56H,15-42H2,1-14H3. The summed E-state index contributed by atoms with van der Waals surface area (Å²) in [5.74, 6) is 11.0. The maximum atomic E-state index is 6.72. The minimum Gasteiger partial charge on any atom is -0.353 e. The van der Waals surface area contributed by atoms with Crippen LogP contribution in [0.3, 0.4) is 0 Å². The molecular weight excluding hydrogens is 792 g/mol. The van der Waals surface area contributed by atoms with E-state index in [1.54, 1.807) is 0 Å². The van der Waals surface area contributed by atoms with Crippen LogP contribution in [0, 0.1) is 71.0 Å². The summed E-state index contributed by atoms with van der Waals surface area (Å²) in [6, 6.07) is 0. The zero-order valence-corrected chi connectivity index (χ0v) is 45.4. The van der Waals surface area contributed by atoms with E-state index in [1.165, 1.54) is 89.9 Å². The maximum Gasteiger partial charge on any atom is 0.160 e. The van der Waals surface area contributed by atoms with Crippen LogP contribution in [0.4, 0.5) is 0 Å². The summed E-state index contributed by atoms with van der Waals surface area (Å²) in [5.41, 5.74) is 0. The molecule has 3 nitrogen and oxygen atoms in total. The summed E-state index contributed by atoms with van der Waals surface area (Å²) < 4.78 is 19.6. The Morgan fingerprint density at radius 1 is 0.295 bits per heavy atom. The highest BCUT2D eigenvalue weighted by molar-refractivity contribution is 6.18. The third kappa shape index (κ3) is 37.3. The predicted octanol–water partition coefficient (Wildman–Crippen LogP) is 19.2. The van der Waals surface area contributed by atoms with Gasteiger partial charge in [-0.25, -0.2) is 0 Å². The van der Waals surface area contributed by atoms with E-state index < -0.39 is 0 Å². The molecule has 0 amide bonds. The molecule has 0 aliphatic carbocycles. The fourth-order valence-corrected chi connectivity index (χ4v) is 11.8. The zero-order valence-electron chi connectivity index (χ0n) is 43.9. The van der Waals surface area contributed by atoms with E-state index in [0.717, 1.165) is 160 Å². The van der Waals surface area contributed by atoms with Crippen LogP contribution in [0.15, 0.2) is 0 Å². The molecule has 0 spiro atoms. The van der Waals surface area contributed by atoms with Crippen molar-refractivity contribution in [2.45, 2.75) is 264 Å². The molecule has 0 bridgehead atoms. The highest BCUT2D eigenvalue weighted by Gasteiger charge is 2.22. The fraction of sp³-hybridized carbons (Fsp3) is 1.00. The summed E-state index contributed by atoms with van der Waals surface area (Å²) >= 11 is 11.9. The zero-order chi connectivity index (χ0) is 46.0. The summed E-state index contributed by atoms with van der Waals surface area (Å²) in [4.78, 5) is 0. The van der Waals surface area contributed by atoms with Gasteiger partial charge < -0.3 is 14.2 Å². The molecule has 0 aromatic carbocycles. The molecule has 0 aliphatic heterocycles. The molecule has 0 N–H and O–H groups in total. The second-order valence-corrected chi connectivity index (χ2v) is 23.3. The molecule has 14 unspecified atom stereocenters. The highest BCUT2D eigenvalue weighted by atomic mass is 35.5. The van der Waals surface area contributed by atoms with Crippen molar-refractivity contribution in [1.29, 1.82) is 0 Å². The molecule has 0 aromatic rings. The van der Waals surface area contributed by atoms with Crippen LogP contribution in [0.2, 0.25) is 0 Å². The smallest absolute Gasteiger partial charge is 0.160 e. The van der Waals surface area contributed by atoms with Crippen molar-refractivity contribution in [3.05, 3.63) is 0 Å². The first-order valence-corrected chi connectivity index (χ1v) is 28.1. The van der Waals surface area contributed by atoms with Gasteiger partial charge in [0.25, 0.3) is 0 Å². The van der Waals surface area contributed by atoms with Gasteiger partial charge in [0.2, 0.25) is 0 Å². The van der Waals surface area contributed by atoms with Gasteiger partial charge in [-0.1, -0.05) is 123 Å². The van der Waals surface area contributed by atoms with Crippen LogP contribution >= 0.6 is 23.2 Å². The first-order chi connectivity index (χ1) is 29.0. The van der Waals surface area contributed by atoms with Gasteiger partial charge in [0, 0.05) is 25.0 Å². The molecule has 0 saturated carbocycles. The van der Waals surface area contributed by atoms with Crippen LogP contribution in [0.1, 0.15) is 251 Å². The van der Waals surface area contributed by atoms with Crippen LogP contribution < -0.4 is 0 Å². The SMILES string of the molecule is CCCCOC(CCCC(C)CC(C)CC(C)CC(C)CC(C)CC(C)CCCCl)OC(CCCC(C)CC(C)CC(C)CC(C)CC(C)CC(C)CCCCl)OCCCC. The van der Waals surface area contributed by atoms with E-state index in [0.29, 0.717) is 0 Å². The average molecular weight is 904 g/mol. The lowest BCUT2D eigenvalue weighted by Gasteiger charge is -2.27. The van der Waals surface area contributed by atoms with Gasteiger partial charge in [0.1, 0.15) is 0 Å². The first kappa shape index (κ1) is 61.5. The van der Waals surface area contributed by atoms with E-state index in [1.807, 2.05) is 0 Å². The Morgan fingerprint density at radius 3 is 0.754 bits per heavy atom. The number of alkyl halides is 2. The van der Waals surface area contributed by atoms with Crippen LogP contribution in [0.25, 0.3) is 0 Å². The second kappa shape index (κ2) is 39.6. The molecule has 0 aliphatic rings. The Balaban J connectivity index is 4.87. The Hall–Kier alpha value is 0.460. The molecule has 368 valence electrons. The molecule has 0 saturated heterocycles. The van der Waals surface area contributed by atoms with E-state index in [9.17, 15) is 0 Å². The minimum atomic E-state index is -0.168. The van der Waals surface area contributed by atoms with Crippen molar-refractivity contribution in [3.8, 4) is 0 Å². The molecular formula is C56H112Cl2O3. The lowest BCUT2D eigenvalue weighted by Crippen LogP contribution is -2.28. The Labute approximate surface area is 395 Å². The van der Waals surface area contributed by atoms with E-state index in [2.05, 4.69) is 96.9 Å². The number of rotatable bonds is 44. The van der Waals surface area contributed by atoms with Crippen molar-refractivity contribution in [1.82, 2.24) is 0 Å². The van der Waals surface area contributed by atoms with Crippen molar-refractivity contribution < 1.29 is 14.2 Å². The van der Waals surface area contributed by atoms with E-state index in [4.69, 9.17) is 37.4 Å². The minimum absolute atomic E-state index is 0.168. The highest BCUT2D eigenvalue weighted by Crippen LogP contribution is 2.32. The second-order valence-electron chi connectivity index (χ2n) is 22.6. The lowest BCUT2D eigenvalue weighted by atomic mass is 9.81. The number of unbranched alkanes of at least 4 members (excludes halogenated alkanes) is 2. The van der Waals surface area contributed by atoms with Gasteiger partial charge in [-0.3, -0.25) is 0 Å². The quantitative estimate of drug-likeness (QED) is 0.0346. The number of ether oxygens (including phenoxy) is 3. The Kier molecular flexibility index (Phi) is 39.9. The lowest BCUT2D eigenvalue weighted by molar-refractivity contribution is -0.250. The molecule has 0 fully saturated rings. The topological polar surface area (TPSA) is 27.7 Å². The molecule has 0 heterocycles. The van der Waals surface area contributed by atoms with Crippen LogP contribution in [0.5, 0.6) is 0 Å². The number of hydrogen-bond donors (Lipinski definition) is 0. The van der Waals surface area contributed by atoms with Gasteiger partial charge >= 0.3 is 0 Å². The van der Waals surface area contributed by atoms with E-state index >= 15 is 0 Å². The van der Waals surface area contributed by atoms with E-state index in [-0.39, 0.29) is 12.6 Å². The molecule has 0 rings (SSSR count). The monoisotopic (exact) mass is 903 g/mol. The Morgan fingerprint density at radius 2 is 0.525 bits per heavy atom. The summed E-state index contributed by atoms with van der Waals surface area (Å²) in [5, 5.41) is 0. The number of hydrogen-bond acceptors (Lipinski definition) is 3. The molecule has 5 heteroatoms. The van der Waals surface area contributed by atoms with Gasteiger partial charge in [-0.05, 0) is 199 Å². The third-order valence-electron chi connectivity index (χ3n) is 13.9. The third-order valence-corrected chi connectivity index (χ3v) is 14.4. The van der Waals surface area contributed by atoms with Gasteiger partial charge in [-0.2, -0.15) is 0 Å². The van der Waals surface area contributed by atoms with Gasteiger partial charge in [0.05, 0.1) is 0 Å². The molecule has 0 radical (unpaired) electrons. The van der Waals surface area contributed by atoms with Crippen LogP contribution in [-0.2, 0) is 14.2 Å². The number of halogens is 2. The molecule has 0 aromatic heterocycles. The normalized spacial score (nSPS) is 19.3. The van der Waals surface area contributed by atoms with Crippen molar-refractivity contribution in [2.24, 2.45) is 71.0 Å². The predicted molar refractivity (Wildman–Crippen MR) is 274 cm³/mol. The summed E-state index contributed by atoms with van der Waals surface area (Å²) in [6.07, 6.45) is 29.2. The maximum absolute atomic E-state index is 6.72. The van der Waals surface area contributed by atoms with Crippen molar-refractivity contribution in [3.63, 3.8) is 0 Å². The summed E-state index contributed by atoms with van der Waals surface area (Å²) in [6.45, 7) is 35.7. The Bertz CT molecular complexity index is 862. The van der Waals surface area contributed by atoms with Crippen LogP contribution in [-0.4, -0.2) is 37.6 Å². The first-order valence-electron chi connectivity index (χ1n) is 27.0. The largest absolute Gasteiger partial charge is 0.353 e. The molecule has 61 heavy (non-hydrogen) atoms. The van der Waals surface area contributed by atoms with Crippen molar-refractivity contribution >= 4 is 23.2 Å². The fourth-order valence-electron chi connectivity index (χ4n) is 11.5. The average Bonchev–Trinajstić information content (AvgIpc) is 3.15. The molecule has 14 atom stereocenters. The summed E-state index contributed by atoms with van der Waals surface area (Å²) in [7, 11) is 0.